The molecule has 0 atom stereocenters. The number of likely N-dealkylation sites (tertiary alicyclic amines) is 1. The standard InChI is InChI=1S/C23H36N6O2.HI/c1-2-24-23(26-16-20-7-8-25-21(15-20)31-18-19-5-6-19)29-13-11-27(12-14-29)17-22(30)28-9-3-4-10-28;/h7-8,15,19H,2-6,9-14,16-18H2,1H3,(H,24,26);1H. The van der Waals surface area contributed by atoms with E-state index in [0.717, 1.165) is 76.8 Å². The summed E-state index contributed by atoms with van der Waals surface area (Å²) in [6.07, 6.45) is 6.64. The van der Waals surface area contributed by atoms with E-state index >= 15 is 0 Å². The highest BCUT2D eigenvalue weighted by Gasteiger charge is 2.25. The molecule has 0 aromatic carbocycles. The molecule has 1 N–H and O–H groups in total. The predicted octanol–water partition coefficient (Wildman–Crippen LogP) is 2.19. The SMILES string of the molecule is CCNC(=NCc1ccnc(OCC2CC2)c1)N1CCN(CC(=O)N2CCCC2)CC1.I. The first-order chi connectivity index (χ1) is 15.2. The molecule has 1 aromatic rings. The maximum absolute atomic E-state index is 12.4. The molecule has 0 unspecified atom stereocenters. The number of amides is 1. The highest BCUT2D eigenvalue weighted by Crippen LogP contribution is 2.29. The first kappa shape index (κ1) is 25.0. The van der Waals surface area contributed by atoms with Gasteiger partial charge in [-0.1, -0.05) is 0 Å². The highest BCUT2D eigenvalue weighted by atomic mass is 127. The molecule has 2 saturated heterocycles. The van der Waals surface area contributed by atoms with Crippen LogP contribution >= 0.6 is 24.0 Å². The van der Waals surface area contributed by atoms with Crippen LogP contribution in [0.1, 0.15) is 38.2 Å². The van der Waals surface area contributed by atoms with Crippen molar-refractivity contribution in [3.8, 4) is 5.88 Å². The van der Waals surface area contributed by atoms with Crippen molar-refractivity contribution in [2.24, 2.45) is 10.9 Å². The third-order valence-corrected chi connectivity index (χ3v) is 6.20. The number of nitrogens with zero attached hydrogens (tertiary/aromatic N) is 5. The number of hydrogen-bond acceptors (Lipinski definition) is 5. The van der Waals surface area contributed by atoms with Crippen LogP contribution in [0.3, 0.4) is 0 Å². The van der Waals surface area contributed by atoms with E-state index in [0.29, 0.717) is 24.9 Å². The number of aromatic nitrogens is 1. The fraction of sp³-hybridized carbons (Fsp3) is 0.696. The summed E-state index contributed by atoms with van der Waals surface area (Å²) in [4.78, 5) is 28.2. The van der Waals surface area contributed by atoms with Gasteiger partial charge < -0.3 is 19.9 Å². The van der Waals surface area contributed by atoms with Crippen LogP contribution in [-0.4, -0.2) is 90.5 Å². The Kier molecular flexibility index (Phi) is 9.83. The zero-order valence-corrected chi connectivity index (χ0v) is 21.5. The molecule has 3 heterocycles. The molecule has 1 saturated carbocycles. The number of guanidine groups is 1. The van der Waals surface area contributed by atoms with Gasteiger partial charge in [-0.2, -0.15) is 0 Å². The van der Waals surface area contributed by atoms with Gasteiger partial charge in [0.25, 0.3) is 0 Å². The molecule has 2 aliphatic heterocycles. The van der Waals surface area contributed by atoms with Gasteiger partial charge in [-0.15, -0.1) is 24.0 Å². The van der Waals surface area contributed by atoms with Gasteiger partial charge in [0.05, 0.1) is 19.7 Å². The Balaban J connectivity index is 0.00000289. The smallest absolute Gasteiger partial charge is 0.236 e. The van der Waals surface area contributed by atoms with Crippen molar-refractivity contribution in [3.63, 3.8) is 0 Å². The normalized spacial score (nSPS) is 19.6. The van der Waals surface area contributed by atoms with Gasteiger partial charge in [0.15, 0.2) is 5.96 Å². The Morgan fingerprint density at radius 1 is 1.16 bits per heavy atom. The molecule has 0 radical (unpaired) electrons. The minimum Gasteiger partial charge on any atom is -0.477 e. The first-order valence-corrected chi connectivity index (χ1v) is 11.8. The zero-order valence-electron chi connectivity index (χ0n) is 19.2. The Labute approximate surface area is 208 Å². The number of rotatable bonds is 8. The molecule has 3 aliphatic rings. The van der Waals surface area contributed by atoms with Crippen molar-refractivity contribution in [3.05, 3.63) is 23.9 Å². The number of carbonyl (C=O) groups is 1. The molecule has 32 heavy (non-hydrogen) atoms. The van der Waals surface area contributed by atoms with Crippen LogP contribution in [0.15, 0.2) is 23.3 Å². The number of carbonyl (C=O) groups excluding carboxylic acids is 1. The molecule has 0 spiro atoms. The number of nitrogens with one attached hydrogen (secondary N) is 1. The molecule has 9 heteroatoms. The van der Waals surface area contributed by atoms with E-state index in [9.17, 15) is 4.79 Å². The molecule has 1 aliphatic carbocycles. The van der Waals surface area contributed by atoms with E-state index in [2.05, 4.69) is 27.0 Å². The van der Waals surface area contributed by atoms with Crippen LogP contribution < -0.4 is 10.1 Å². The minimum atomic E-state index is 0. The van der Waals surface area contributed by atoms with Crippen molar-refractivity contribution >= 4 is 35.8 Å². The summed E-state index contributed by atoms with van der Waals surface area (Å²) in [5.74, 6) is 2.63. The van der Waals surface area contributed by atoms with Crippen molar-refractivity contribution in [1.82, 2.24) is 25.0 Å². The molecule has 3 fully saturated rings. The van der Waals surface area contributed by atoms with Gasteiger partial charge in [-0.05, 0) is 50.2 Å². The predicted molar refractivity (Wildman–Crippen MR) is 137 cm³/mol. The van der Waals surface area contributed by atoms with Crippen molar-refractivity contribution in [2.75, 3.05) is 59.0 Å². The molecule has 1 aromatic heterocycles. The average Bonchev–Trinajstić information content (AvgIpc) is 3.46. The van der Waals surface area contributed by atoms with E-state index in [1.165, 1.54) is 12.8 Å². The fourth-order valence-corrected chi connectivity index (χ4v) is 4.08. The Morgan fingerprint density at radius 3 is 2.59 bits per heavy atom. The Bertz CT molecular complexity index is 759. The number of ether oxygens (including phenoxy) is 1. The van der Waals surface area contributed by atoms with Crippen molar-refractivity contribution in [2.45, 2.75) is 39.2 Å². The van der Waals surface area contributed by atoms with Gasteiger partial charge in [-0.3, -0.25) is 9.69 Å². The Morgan fingerprint density at radius 2 is 1.91 bits per heavy atom. The Hall–Kier alpha value is -1.62. The first-order valence-electron chi connectivity index (χ1n) is 11.8. The summed E-state index contributed by atoms with van der Waals surface area (Å²) in [5, 5.41) is 3.42. The maximum atomic E-state index is 12.4. The third kappa shape index (κ3) is 7.47. The second-order valence-electron chi connectivity index (χ2n) is 8.78. The lowest BCUT2D eigenvalue weighted by molar-refractivity contribution is -0.131. The lowest BCUT2D eigenvalue weighted by Crippen LogP contribution is -2.54. The van der Waals surface area contributed by atoms with Gasteiger partial charge in [0.1, 0.15) is 0 Å². The lowest BCUT2D eigenvalue weighted by atomic mass is 10.2. The van der Waals surface area contributed by atoms with Gasteiger partial charge in [0.2, 0.25) is 11.8 Å². The molecule has 1 amide bonds. The van der Waals surface area contributed by atoms with Crippen LogP contribution in [-0.2, 0) is 11.3 Å². The summed E-state index contributed by atoms with van der Waals surface area (Å²) in [6, 6.07) is 4.00. The maximum Gasteiger partial charge on any atom is 0.236 e. The van der Waals surface area contributed by atoms with E-state index in [4.69, 9.17) is 9.73 Å². The van der Waals surface area contributed by atoms with E-state index in [1.54, 1.807) is 6.20 Å². The summed E-state index contributed by atoms with van der Waals surface area (Å²) >= 11 is 0. The van der Waals surface area contributed by atoms with Gasteiger partial charge in [0, 0.05) is 58.1 Å². The second-order valence-corrected chi connectivity index (χ2v) is 8.78. The summed E-state index contributed by atoms with van der Waals surface area (Å²) in [7, 11) is 0. The van der Waals surface area contributed by atoms with Crippen molar-refractivity contribution < 1.29 is 9.53 Å². The molecular weight excluding hydrogens is 519 g/mol. The fourth-order valence-electron chi connectivity index (χ4n) is 4.08. The summed E-state index contributed by atoms with van der Waals surface area (Å²) in [5.41, 5.74) is 1.10. The minimum absolute atomic E-state index is 0. The number of halogens is 1. The number of hydrogen-bond donors (Lipinski definition) is 1. The van der Waals surface area contributed by atoms with Gasteiger partial charge >= 0.3 is 0 Å². The lowest BCUT2D eigenvalue weighted by Gasteiger charge is -2.36. The summed E-state index contributed by atoms with van der Waals surface area (Å²) in [6.45, 7) is 10.2. The zero-order chi connectivity index (χ0) is 21.5. The van der Waals surface area contributed by atoms with E-state index in [-0.39, 0.29) is 29.9 Å². The third-order valence-electron chi connectivity index (χ3n) is 6.20. The number of aliphatic imine (C=N–C) groups is 1. The highest BCUT2D eigenvalue weighted by molar-refractivity contribution is 14.0. The van der Waals surface area contributed by atoms with E-state index < -0.39 is 0 Å². The van der Waals surface area contributed by atoms with Crippen LogP contribution in [0, 0.1) is 5.92 Å². The second kappa shape index (κ2) is 12.6. The number of piperazine rings is 1. The average molecular weight is 556 g/mol. The van der Waals surface area contributed by atoms with Crippen molar-refractivity contribution in [1.29, 1.82) is 0 Å². The molecular formula is C23H37IN6O2. The molecule has 8 nitrogen and oxygen atoms in total. The van der Waals surface area contributed by atoms with Crippen LogP contribution in [0.5, 0.6) is 5.88 Å². The van der Waals surface area contributed by atoms with Crippen LogP contribution in [0.25, 0.3) is 0 Å². The van der Waals surface area contributed by atoms with E-state index in [1.807, 2.05) is 17.0 Å². The largest absolute Gasteiger partial charge is 0.477 e. The monoisotopic (exact) mass is 556 g/mol. The molecule has 0 bridgehead atoms. The quantitative estimate of drug-likeness (QED) is 0.301. The summed E-state index contributed by atoms with van der Waals surface area (Å²) < 4.78 is 5.80. The van der Waals surface area contributed by atoms with Gasteiger partial charge in [-0.25, -0.2) is 9.98 Å². The molecule has 178 valence electrons. The van der Waals surface area contributed by atoms with Crippen LogP contribution in [0.2, 0.25) is 0 Å². The van der Waals surface area contributed by atoms with Crippen LogP contribution in [0.4, 0.5) is 0 Å². The molecule has 4 rings (SSSR count). The topological polar surface area (TPSA) is 73.3 Å². The number of pyridine rings is 1.